The van der Waals surface area contributed by atoms with Gasteiger partial charge in [-0.2, -0.15) is 0 Å². The zero-order valence-electron chi connectivity index (χ0n) is 22.1. The third-order valence-electron chi connectivity index (χ3n) is 7.22. The molecule has 0 amide bonds. The number of nitrogens with zero attached hydrogens (tertiary/aromatic N) is 1. The SMILES string of the molecule is CCCCCCCCCCCCCCCCCCCC[N+](C)(CC)Cc1ccccc1.[Cl-]. The van der Waals surface area contributed by atoms with Crippen LogP contribution in [0, 0.1) is 0 Å². The van der Waals surface area contributed by atoms with Crippen molar-refractivity contribution in [3.63, 3.8) is 0 Å². The smallest absolute Gasteiger partial charge is 0.104 e. The Kier molecular flexibility index (Phi) is 21.9. The van der Waals surface area contributed by atoms with Crippen LogP contribution in [0.1, 0.15) is 135 Å². The Morgan fingerprint density at radius 3 is 1.28 bits per heavy atom. The first-order valence-corrected chi connectivity index (χ1v) is 14.1. The van der Waals surface area contributed by atoms with Crippen molar-refractivity contribution in [2.45, 2.75) is 136 Å². The predicted molar refractivity (Wildman–Crippen MR) is 141 cm³/mol. The average Bonchev–Trinajstić information content (AvgIpc) is 2.79. The van der Waals surface area contributed by atoms with Crippen molar-refractivity contribution >= 4 is 0 Å². The van der Waals surface area contributed by atoms with E-state index in [0.29, 0.717) is 0 Å². The molecule has 0 aliphatic heterocycles. The molecule has 0 N–H and O–H groups in total. The van der Waals surface area contributed by atoms with Gasteiger partial charge in [-0.25, -0.2) is 0 Å². The Balaban J connectivity index is 0.00000961. The first-order valence-electron chi connectivity index (χ1n) is 14.1. The molecule has 0 aliphatic carbocycles. The van der Waals surface area contributed by atoms with Gasteiger partial charge in [0.1, 0.15) is 6.54 Å². The van der Waals surface area contributed by atoms with Crippen LogP contribution >= 0.6 is 0 Å². The minimum atomic E-state index is 0. The van der Waals surface area contributed by atoms with Crippen LogP contribution in [0.4, 0.5) is 0 Å². The molecule has 0 aromatic heterocycles. The number of unbranched alkanes of at least 4 members (excludes halogenated alkanes) is 17. The topological polar surface area (TPSA) is 0 Å². The van der Waals surface area contributed by atoms with Gasteiger partial charge < -0.3 is 16.9 Å². The van der Waals surface area contributed by atoms with Crippen LogP contribution < -0.4 is 12.4 Å². The lowest BCUT2D eigenvalue weighted by atomic mass is 10.0. The van der Waals surface area contributed by atoms with Crippen LogP contribution in [0.3, 0.4) is 0 Å². The normalized spacial score (nSPS) is 13.0. The van der Waals surface area contributed by atoms with Gasteiger partial charge in [-0.3, -0.25) is 0 Å². The first-order chi connectivity index (χ1) is 15.2. The van der Waals surface area contributed by atoms with E-state index in [-0.39, 0.29) is 12.4 Å². The van der Waals surface area contributed by atoms with E-state index in [2.05, 4.69) is 51.2 Å². The van der Waals surface area contributed by atoms with Crippen molar-refractivity contribution in [2.75, 3.05) is 20.1 Å². The molecule has 188 valence electrons. The van der Waals surface area contributed by atoms with E-state index in [9.17, 15) is 0 Å². The lowest BCUT2D eigenvalue weighted by Gasteiger charge is -2.33. The Morgan fingerprint density at radius 2 is 0.906 bits per heavy atom. The molecule has 0 spiro atoms. The standard InChI is InChI=1S/C30H56N.ClH/c1-4-6-7-8-9-10-11-12-13-14-15-16-17-18-19-20-21-25-28-31(3,5-2)29-30-26-23-22-24-27-30;/h22-24,26-27H,4-21,25,28-29H2,1-3H3;1H/q+1;/p-1. The molecule has 0 heterocycles. The van der Waals surface area contributed by atoms with Crippen LogP contribution in [0.5, 0.6) is 0 Å². The van der Waals surface area contributed by atoms with Gasteiger partial charge in [0.2, 0.25) is 0 Å². The minimum absolute atomic E-state index is 0. The third kappa shape index (κ3) is 18.0. The molecular weight excluding hydrogens is 410 g/mol. The Bertz CT molecular complexity index is 489. The highest BCUT2D eigenvalue weighted by Crippen LogP contribution is 2.16. The zero-order valence-corrected chi connectivity index (χ0v) is 22.8. The Labute approximate surface area is 208 Å². The summed E-state index contributed by atoms with van der Waals surface area (Å²) in [6.07, 6.45) is 26.2. The second-order valence-electron chi connectivity index (χ2n) is 10.3. The summed E-state index contributed by atoms with van der Waals surface area (Å²) in [5.41, 5.74) is 1.48. The number of quaternary nitrogens is 1. The Hall–Kier alpha value is -0.530. The monoisotopic (exact) mass is 465 g/mol. The third-order valence-corrected chi connectivity index (χ3v) is 7.22. The fourth-order valence-electron chi connectivity index (χ4n) is 4.77. The van der Waals surface area contributed by atoms with Gasteiger partial charge in [-0.05, 0) is 19.8 Å². The number of halogens is 1. The first kappa shape index (κ1) is 31.5. The summed E-state index contributed by atoms with van der Waals surface area (Å²) in [4.78, 5) is 0. The van der Waals surface area contributed by atoms with Crippen molar-refractivity contribution < 1.29 is 16.9 Å². The zero-order chi connectivity index (χ0) is 22.5. The molecule has 1 nitrogen and oxygen atoms in total. The van der Waals surface area contributed by atoms with Crippen molar-refractivity contribution in [2.24, 2.45) is 0 Å². The number of rotatable bonds is 22. The molecule has 2 heteroatoms. The Morgan fingerprint density at radius 1 is 0.531 bits per heavy atom. The minimum Gasteiger partial charge on any atom is -1.00 e. The summed E-state index contributed by atoms with van der Waals surface area (Å²) >= 11 is 0. The van der Waals surface area contributed by atoms with Gasteiger partial charge in [0, 0.05) is 5.56 Å². The van der Waals surface area contributed by atoms with Crippen LogP contribution in [0.25, 0.3) is 0 Å². The molecule has 32 heavy (non-hydrogen) atoms. The van der Waals surface area contributed by atoms with E-state index in [4.69, 9.17) is 0 Å². The van der Waals surface area contributed by atoms with Gasteiger partial charge in [-0.15, -0.1) is 0 Å². The van der Waals surface area contributed by atoms with Gasteiger partial charge >= 0.3 is 0 Å². The maximum atomic E-state index is 2.43. The van der Waals surface area contributed by atoms with Crippen molar-refractivity contribution in [3.8, 4) is 0 Å². The van der Waals surface area contributed by atoms with E-state index in [1.54, 1.807) is 0 Å². The summed E-state index contributed by atoms with van der Waals surface area (Å²) < 4.78 is 1.18. The van der Waals surface area contributed by atoms with Gasteiger partial charge in [-0.1, -0.05) is 140 Å². The second kappa shape index (κ2) is 22.3. The largest absolute Gasteiger partial charge is 1.00 e. The maximum absolute atomic E-state index is 2.43. The molecule has 1 unspecified atom stereocenters. The summed E-state index contributed by atoms with van der Waals surface area (Å²) in [5, 5.41) is 0. The van der Waals surface area contributed by atoms with E-state index in [1.807, 2.05) is 0 Å². The number of benzene rings is 1. The molecule has 1 aromatic carbocycles. The van der Waals surface area contributed by atoms with Crippen LogP contribution in [0.2, 0.25) is 0 Å². The molecule has 0 radical (unpaired) electrons. The summed E-state index contributed by atoms with van der Waals surface area (Å²) in [5.74, 6) is 0. The molecular formula is C30H56ClN. The van der Waals surface area contributed by atoms with E-state index in [1.165, 1.54) is 145 Å². The van der Waals surface area contributed by atoms with Gasteiger partial charge in [0.25, 0.3) is 0 Å². The summed E-state index contributed by atoms with van der Waals surface area (Å²) in [6, 6.07) is 11.0. The number of hydrogen-bond donors (Lipinski definition) is 0. The fraction of sp³-hybridized carbons (Fsp3) is 0.800. The van der Waals surface area contributed by atoms with E-state index < -0.39 is 0 Å². The fourth-order valence-corrected chi connectivity index (χ4v) is 4.77. The lowest BCUT2D eigenvalue weighted by Crippen LogP contribution is -3.00. The highest BCUT2D eigenvalue weighted by atomic mass is 35.5. The molecule has 0 saturated carbocycles. The van der Waals surface area contributed by atoms with Crippen LogP contribution in [-0.2, 0) is 6.54 Å². The van der Waals surface area contributed by atoms with Crippen molar-refractivity contribution in [1.29, 1.82) is 0 Å². The second-order valence-corrected chi connectivity index (χ2v) is 10.3. The van der Waals surface area contributed by atoms with Crippen LogP contribution in [-0.4, -0.2) is 24.6 Å². The molecule has 1 aromatic rings. The average molecular weight is 466 g/mol. The maximum Gasteiger partial charge on any atom is 0.104 e. The van der Waals surface area contributed by atoms with Crippen LogP contribution in [0.15, 0.2) is 30.3 Å². The van der Waals surface area contributed by atoms with Crippen molar-refractivity contribution in [1.82, 2.24) is 0 Å². The number of hydrogen-bond acceptors (Lipinski definition) is 0. The molecule has 1 rings (SSSR count). The van der Waals surface area contributed by atoms with Gasteiger partial charge in [0.05, 0.1) is 20.1 Å². The van der Waals surface area contributed by atoms with Crippen molar-refractivity contribution in [3.05, 3.63) is 35.9 Å². The summed E-state index contributed by atoms with van der Waals surface area (Å²) in [6.45, 7) is 8.38. The van der Waals surface area contributed by atoms with E-state index >= 15 is 0 Å². The predicted octanol–water partition coefficient (Wildman–Crippen LogP) is 6.70. The molecule has 1 atom stereocenters. The quantitative estimate of drug-likeness (QED) is 0.132. The molecule has 0 bridgehead atoms. The highest BCUT2D eigenvalue weighted by Gasteiger charge is 2.18. The molecule has 0 fully saturated rings. The lowest BCUT2D eigenvalue weighted by molar-refractivity contribution is -0.921. The van der Waals surface area contributed by atoms with Gasteiger partial charge in [0.15, 0.2) is 0 Å². The molecule has 0 aliphatic rings. The van der Waals surface area contributed by atoms with E-state index in [0.717, 1.165) is 0 Å². The molecule has 0 saturated heterocycles. The summed E-state index contributed by atoms with van der Waals surface area (Å²) in [7, 11) is 2.43. The highest BCUT2D eigenvalue weighted by molar-refractivity contribution is 5.13.